The van der Waals surface area contributed by atoms with Gasteiger partial charge in [-0.2, -0.15) is 10.1 Å². The van der Waals surface area contributed by atoms with E-state index in [2.05, 4.69) is 19.9 Å². The molecule has 0 aliphatic carbocycles. The van der Waals surface area contributed by atoms with E-state index in [0.717, 1.165) is 37.5 Å². The van der Waals surface area contributed by atoms with E-state index in [0.29, 0.717) is 17.0 Å². The van der Waals surface area contributed by atoms with Crippen molar-refractivity contribution in [3.05, 3.63) is 46.9 Å². The Bertz CT molecular complexity index is 997. The molecule has 7 nitrogen and oxygen atoms in total. The number of aromatic amines is 1. The van der Waals surface area contributed by atoms with Crippen LogP contribution in [0.5, 0.6) is 0 Å². The lowest BCUT2D eigenvalue weighted by molar-refractivity contribution is 0.249. The summed E-state index contributed by atoms with van der Waals surface area (Å²) in [7, 11) is 0. The number of likely N-dealkylation sites (tertiary alicyclic amines) is 1. The van der Waals surface area contributed by atoms with Crippen LogP contribution in [0.1, 0.15) is 25.7 Å². The molecule has 5 rings (SSSR count). The largest absolute Gasteiger partial charge is 0.342 e. The number of piperidine rings is 1. The van der Waals surface area contributed by atoms with E-state index in [1.807, 2.05) is 30.3 Å². The van der Waals surface area contributed by atoms with Gasteiger partial charge in [-0.3, -0.25) is 9.78 Å². The molecule has 0 atom stereocenters. The topological polar surface area (TPSA) is 70.1 Å². The van der Waals surface area contributed by atoms with Gasteiger partial charge in [0.05, 0.1) is 11.9 Å². The molecule has 0 unspecified atom stereocenters. The quantitative estimate of drug-likeness (QED) is 0.755. The second-order valence-corrected chi connectivity index (χ2v) is 7.96. The summed E-state index contributed by atoms with van der Waals surface area (Å²) in [6.45, 7) is 5.61. The van der Waals surface area contributed by atoms with Crippen LogP contribution in [0.25, 0.3) is 16.7 Å². The number of nitrogens with zero attached hydrogens (tertiary/aromatic N) is 5. The first-order valence-electron chi connectivity index (χ1n) is 10.3. The Morgan fingerprint density at radius 2 is 1.79 bits per heavy atom. The van der Waals surface area contributed by atoms with Crippen LogP contribution in [-0.2, 0) is 0 Å². The van der Waals surface area contributed by atoms with E-state index in [9.17, 15) is 4.79 Å². The predicted molar refractivity (Wildman–Crippen MR) is 110 cm³/mol. The van der Waals surface area contributed by atoms with Crippen LogP contribution in [0, 0.1) is 5.92 Å². The third-order valence-corrected chi connectivity index (χ3v) is 6.06. The van der Waals surface area contributed by atoms with Crippen molar-refractivity contribution in [3.63, 3.8) is 0 Å². The van der Waals surface area contributed by atoms with Gasteiger partial charge in [0.15, 0.2) is 5.65 Å². The molecule has 28 heavy (non-hydrogen) atoms. The molecule has 2 aliphatic heterocycles. The maximum absolute atomic E-state index is 12.6. The molecular formula is C21H26N6O. The molecule has 4 heterocycles. The average molecular weight is 378 g/mol. The first-order valence-corrected chi connectivity index (χ1v) is 10.3. The van der Waals surface area contributed by atoms with Crippen LogP contribution in [0.2, 0.25) is 0 Å². The number of rotatable bonds is 4. The fourth-order valence-corrected chi connectivity index (χ4v) is 4.47. The summed E-state index contributed by atoms with van der Waals surface area (Å²) >= 11 is 0. The minimum absolute atomic E-state index is 0.124. The minimum atomic E-state index is -0.124. The molecule has 3 aromatic rings. The van der Waals surface area contributed by atoms with Gasteiger partial charge in [0.2, 0.25) is 5.95 Å². The highest BCUT2D eigenvalue weighted by Gasteiger charge is 2.24. The van der Waals surface area contributed by atoms with E-state index in [4.69, 9.17) is 4.98 Å². The first kappa shape index (κ1) is 17.4. The minimum Gasteiger partial charge on any atom is -0.342 e. The smallest absolute Gasteiger partial charge is 0.263 e. The molecule has 2 saturated heterocycles. The molecule has 0 saturated carbocycles. The molecule has 1 N–H and O–H groups in total. The zero-order valence-corrected chi connectivity index (χ0v) is 16.0. The number of H-pyrrole nitrogens is 1. The van der Waals surface area contributed by atoms with Gasteiger partial charge in [-0.05, 0) is 56.8 Å². The van der Waals surface area contributed by atoms with E-state index in [-0.39, 0.29) is 5.56 Å². The van der Waals surface area contributed by atoms with Crippen molar-refractivity contribution >= 4 is 17.0 Å². The number of fused-ring (bicyclic) bond motifs is 1. The van der Waals surface area contributed by atoms with Crippen molar-refractivity contribution in [1.29, 1.82) is 0 Å². The van der Waals surface area contributed by atoms with Crippen molar-refractivity contribution in [2.24, 2.45) is 5.92 Å². The normalized spacial score (nSPS) is 18.9. The van der Waals surface area contributed by atoms with E-state index < -0.39 is 0 Å². The SMILES string of the molecule is O=c1[nH]c(N2CCC(CN3CCCC3)CC2)nc2c1cnn2-c1ccccc1. The molecule has 2 fully saturated rings. The van der Waals surface area contributed by atoms with E-state index in [1.54, 1.807) is 10.9 Å². The van der Waals surface area contributed by atoms with Crippen LogP contribution in [0.3, 0.4) is 0 Å². The van der Waals surface area contributed by atoms with Gasteiger partial charge >= 0.3 is 0 Å². The molecule has 0 radical (unpaired) electrons. The zero-order chi connectivity index (χ0) is 18.9. The molecule has 146 valence electrons. The number of anilines is 1. The third kappa shape index (κ3) is 3.30. The molecule has 0 spiro atoms. The summed E-state index contributed by atoms with van der Waals surface area (Å²) in [6, 6.07) is 9.83. The van der Waals surface area contributed by atoms with Gasteiger partial charge in [0, 0.05) is 19.6 Å². The van der Waals surface area contributed by atoms with Gasteiger partial charge in [-0.25, -0.2) is 4.68 Å². The van der Waals surface area contributed by atoms with Crippen molar-refractivity contribution in [3.8, 4) is 5.69 Å². The van der Waals surface area contributed by atoms with E-state index >= 15 is 0 Å². The van der Waals surface area contributed by atoms with Gasteiger partial charge < -0.3 is 9.80 Å². The van der Waals surface area contributed by atoms with Crippen LogP contribution in [0.15, 0.2) is 41.3 Å². The monoisotopic (exact) mass is 378 g/mol. The highest BCUT2D eigenvalue weighted by Crippen LogP contribution is 2.24. The van der Waals surface area contributed by atoms with Crippen LogP contribution in [-0.4, -0.2) is 57.4 Å². The average Bonchev–Trinajstić information content (AvgIpc) is 3.39. The van der Waals surface area contributed by atoms with Crippen LogP contribution in [0.4, 0.5) is 5.95 Å². The Hall–Kier alpha value is -2.67. The van der Waals surface area contributed by atoms with Crippen molar-refractivity contribution in [1.82, 2.24) is 24.6 Å². The summed E-state index contributed by atoms with van der Waals surface area (Å²) in [6.07, 6.45) is 6.59. The second-order valence-electron chi connectivity index (χ2n) is 7.96. The third-order valence-electron chi connectivity index (χ3n) is 6.06. The first-order chi connectivity index (χ1) is 13.8. The Kier molecular flexibility index (Phi) is 4.60. The Morgan fingerprint density at radius 1 is 1.04 bits per heavy atom. The lowest BCUT2D eigenvalue weighted by atomic mass is 9.96. The number of para-hydroxylation sites is 1. The van der Waals surface area contributed by atoms with Crippen molar-refractivity contribution in [2.45, 2.75) is 25.7 Å². The number of benzene rings is 1. The van der Waals surface area contributed by atoms with Gasteiger partial charge in [-0.15, -0.1) is 0 Å². The summed E-state index contributed by atoms with van der Waals surface area (Å²) in [5.41, 5.74) is 1.40. The fourth-order valence-electron chi connectivity index (χ4n) is 4.47. The molecular weight excluding hydrogens is 352 g/mol. The maximum atomic E-state index is 12.6. The Morgan fingerprint density at radius 3 is 2.54 bits per heavy atom. The van der Waals surface area contributed by atoms with Gasteiger partial charge in [0.25, 0.3) is 5.56 Å². The summed E-state index contributed by atoms with van der Waals surface area (Å²) in [5, 5.41) is 4.92. The Balaban J connectivity index is 1.37. The second kappa shape index (κ2) is 7.39. The summed E-state index contributed by atoms with van der Waals surface area (Å²) in [5.74, 6) is 1.41. The molecule has 7 heteroatoms. The molecule has 2 aromatic heterocycles. The van der Waals surface area contributed by atoms with E-state index in [1.165, 1.54) is 32.5 Å². The number of hydrogen-bond donors (Lipinski definition) is 1. The maximum Gasteiger partial charge on any atom is 0.263 e. The number of nitrogens with one attached hydrogen (secondary N) is 1. The Labute approximate surface area is 164 Å². The van der Waals surface area contributed by atoms with Crippen LogP contribution >= 0.6 is 0 Å². The number of aromatic nitrogens is 4. The predicted octanol–water partition coefficient (Wildman–Crippen LogP) is 2.42. The standard InChI is InChI=1S/C21H26N6O/c28-20-18-14-22-27(17-6-2-1-3-7-17)19(18)23-21(24-20)26-12-8-16(9-13-26)15-25-10-4-5-11-25/h1-3,6-7,14,16H,4-5,8-13,15H2,(H,23,24,28). The lowest BCUT2D eigenvalue weighted by Crippen LogP contribution is -2.39. The summed E-state index contributed by atoms with van der Waals surface area (Å²) < 4.78 is 1.74. The zero-order valence-electron chi connectivity index (χ0n) is 16.0. The highest BCUT2D eigenvalue weighted by molar-refractivity contribution is 5.76. The van der Waals surface area contributed by atoms with Crippen molar-refractivity contribution < 1.29 is 0 Å². The molecule has 0 bridgehead atoms. The van der Waals surface area contributed by atoms with Crippen LogP contribution < -0.4 is 10.5 Å². The lowest BCUT2D eigenvalue weighted by Gasteiger charge is -2.34. The molecule has 0 amide bonds. The van der Waals surface area contributed by atoms with Crippen molar-refractivity contribution in [2.75, 3.05) is 37.6 Å². The fraction of sp³-hybridized carbons (Fsp3) is 0.476. The molecule has 2 aliphatic rings. The number of hydrogen-bond acceptors (Lipinski definition) is 5. The molecule has 1 aromatic carbocycles. The summed E-state index contributed by atoms with van der Waals surface area (Å²) in [4.78, 5) is 25.2. The highest BCUT2D eigenvalue weighted by atomic mass is 16.1. The van der Waals surface area contributed by atoms with Gasteiger partial charge in [0.1, 0.15) is 5.39 Å². The van der Waals surface area contributed by atoms with Gasteiger partial charge in [-0.1, -0.05) is 18.2 Å².